The van der Waals surface area contributed by atoms with Crippen molar-refractivity contribution in [3.8, 4) is 0 Å². The van der Waals surface area contributed by atoms with Gasteiger partial charge in [-0.25, -0.2) is 4.39 Å². The fourth-order valence-electron chi connectivity index (χ4n) is 2.72. The molecule has 1 fully saturated rings. The molecule has 1 aliphatic carbocycles. The third-order valence-electron chi connectivity index (χ3n) is 3.96. The number of oxime groups is 1. The van der Waals surface area contributed by atoms with Gasteiger partial charge in [-0.15, -0.1) is 0 Å². The zero-order valence-electron chi connectivity index (χ0n) is 12.2. The molecule has 0 atom stereocenters. The molecule has 1 aromatic rings. The van der Waals surface area contributed by atoms with Crippen molar-refractivity contribution in [3.63, 3.8) is 0 Å². The van der Waals surface area contributed by atoms with Crippen LogP contribution >= 0.6 is 11.8 Å². The number of thioether (sulfide) groups is 1. The van der Waals surface area contributed by atoms with E-state index in [0.717, 1.165) is 23.7 Å². The summed E-state index contributed by atoms with van der Waals surface area (Å²) in [6, 6.07) is 4.99. The van der Waals surface area contributed by atoms with Gasteiger partial charge >= 0.3 is 0 Å². The molecule has 0 saturated heterocycles. The number of nitrogens with zero attached hydrogens (tertiary/aromatic N) is 1. The van der Waals surface area contributed by atoms with Crippen LogP contribution in [0.4, 0.5) is 4.39 Å². The lowest BCUT2D eigenvalue weighted by Crippen LogP contribution is -2.33. The highest BCUT2D eigenvalue weighted by Crippen LogP contribution is 2.27. The average molecular weight is 311 g/mol. The summed E-state index contributed by atoms with van der Waals surface area (Å²) in [7, 11) is 0. The van der Waals surface area contributed by atoms with Crippen molar-refractivity contribution >= 4 is 17.6 Å². The molecule has 0 aromatic heterocycles. The van der Waals surface area contributed by atoms with Gasteiger partial charge in [-0.2, -0.15) is 11.8 Å². The van der Waals surface area contributed by atoms with Gasteiger partial charge in [0.15, 0.2) is 5.84 Å². The van der Waals surface area contributed by atoms with Crippen LogP contribution in [-0.2, 0) is 6.54 Å². The predicted molar refractivity (Wildman–Crippen MR) is 85.3 cm³/mol. The minimum absolute atomic E-state index is 0.0729. The molecule has 1 aromatic carbocycles. The van der Waals surface area contributed by atoms with Crippen molar-refractivity contribution in [2.75, 3.05) is 6.26 Å². The third-order valence-corrected chi connectivity index (χ3v) is 5.10. The molecule has 4 nitrogen and oxygen atoms in total. The molecule has 0 amide bonds. The molecular weight excluding hydrogens is 289 g/mol. The molecule has 0 radical (unpaired) electrons. The van der Waals surface area contributed by atoms with E-state index in [0.29, 0.717) is 18.2 Å². The molecule has 0 unspecified atom stereocenters. The van der Waals surface area contributed by atoms with E-state index in [1.165, 1.54) is 25.0 Å². The topological polar surface area (TPSA) is 70.6 Å². The molecule has 21 heavy (non-hydrogen) atoms. The van der Waals surface area contributed by atoms with Gasteiger partial charge in [0.2, 0.25) is 0 Å². The van der Waals surface area contributed by atoms with Crippen molar-refractivity contribution < 1.29 is 9.60 Å². The molecule has 6 heteroatoms. The summed E-state index contributed by atoms with van der Waals surface area (Å²) in [6.45, 7) is 0.595. The van der Waals surface area contributed by atoms with Crippen molar-refractivity contribution in [2.45, 2.75) is 43.5 Å². The van der Waals surface area contributed by atoms with E-state index < -0.39 is 0 Å². The number of nitrogens with one attached hydrogen (secondary N) is 1. The summed E-state index contributed by atoms with van der Waals surface area (Å²) in [4.78, 5) is 0. The molecular formula is C15H22FN3OS. The van der Waals surface area contributed by atoms with E-state index in [-0.39, 0.29) is 11.7 Å². The Labute approximate surface area is 129 Å². The second-order valence-electron chi connectivity index (χ2n) is 5.42. The first kappa shape index (κ1) is 16.1. The van der Waals surface area contributed by atoms with Crippen LogP contribution < -0.4 is 11.1 Å². The number of nitrogens with two attached hydrogens (primary N) is 1. The first-order valence-electron chi connectivity index (χ1n) is 7.16. The van der Waals surface area contributed by atoms with Gasteiger partial charge in [0, 0.05) is 23.4 Å². The van der Waals surface area contributed by atoms with E-state index in [1.54, 1.807) is 6.07 Å². The van der Waals surface area contributed by atoms with E-state index in [1.807, 2.05) is 11.8 Å². The summed E-state index contributed by atoms with van der Waals surface area (Å²) in [5.41, 5.74) is 6.72. The van der Waals surface area contributed by atoms with Gasteiger partial charge in [0.05, 0.1) is 0 Å². The molecule has 0 bridgehead atoms. The standard InChI is InChI=1S/C15H22FN3OS/c1-21-14-4-2-13(3-5-14)18-9-10-6-11(15(17)19-20)8-12(16)7-10/h6-8,13-14,18,20H,2-5,9H2,1H3,(H2,17,19). The van der Waals surface area contributed by atoms with Crippen LogP contribution in [-0.4, -0.2) is 28.6 Å². The summed E-state index contributed by atoms with van der Waals surface area (Å²) in [5.74, 6) is -0.446. The fourth-order valence-corrected chi connectivity index (χ4v) is 3.47. The Morgan fingerprint density at radius 1 is 1.38 bits per heavy atom. The summed E-state index contributed by atoms with van der Waals surface area (Å²) >= 11 is 1.94. The highest BCUT2D eigenvalue weighted by atomic mass is 32.2. The Kier molecular flexibility index (Phi) is 5.87. The quantitative estimate of drug-likeness (QED) is 0.338. The van der Waals surface area contributed by atoms with Gasteiger partial charge in [-0.05, 0) is 55.7 Å². The Bertz CT molecular complexity index is 502. The van der Waals surface area contributed by atoms with Crippen molar-refractivity contribution in [3.05, 3.63) is 35.1 Å². The lowest BCUT2D eigenvalue weighted by molar-refractivity contribution is 0.318. The molecule has 0 spiro atoms. The van der Waals surface area contributed by atoms with Crippen LogP contribution in [0.3, 0.4) is 0 Å². The van der Waals surface area contributed by atoms with Gasteiger partial charge in [-0.3, -0.25) is 0 Å². The second kappa shape index (κ2) is 7.66. The Balaban J connectivity index is 1.93. The number of amidine groups is 1. The Morgan fingerprint density at radius 2 is 2.10 bits per heavy atom. The maximum atomic E-state index is 13.6. The number of benzene rings is 1. The average Bonchev–Trinajstić information content (AvgIpc) is 2.52. The molecule has 0 heterocycles. The normalized spacial score (nSPS) is 23.2. The smallest absolute Gasteiger partial charge is 0.170 e. The van der Waals surface area contributed by atoms with Gasteiger partial charge < -0.3 is 16.3 Å². The van der Waals surface area contributed by atoms with Crippen molar-refractivity contribution in [2.24, 2.45) is 10.9 Å². The molecule has 4 N–H and O–H groups in total. The fraction of sp³-hybridized carbons (Fsp3) is 0.533. The highest BCUT2D eigenvalue weighted by molar-refractivity contribution is 7.99. The van der Waals surface area contributed by atoms with Gasteiger partial charge in [0.25, 0.3) is 0 Å². The van der Waals surface area contributed by atoms with Crippen molar-refractivity contribution in [1.82, 2.24) is 5.32 Å². The number of rotatable bonds is 5. The van der Waals surface area contributed by atoms with Crippen molar-refractivity contribution in [1.29, 1.82) is 0 Å². The van der Waals surface area contributed by atoms with Gasteiger partial charge in [0.1, 0.15) is 5.82 Å². The number of hydrogen-bond donors (Lipinski definition) is 3. The number of hydrogen-bond acceptors (Lipinski definition) is 4. The maximum absolute atomic E-state index is 13.6. The van der Waals surface area contributed by atoms with E-state index in [2.05, 4.69) is 16.7 Å². The second-order valence-corrected chi connectivity index (χ2v) is 6.56. The monoisotopic (exact) mass is 311 g/mol. The SMILES string of the molecule is CSC1CCC(NCc2cc(F)cc(/C(N)=N/O)c2)CC1. The molecule has 116 valence electrons. The first-order valence-corrected chi connectivity index (χ1v) is 8.44. The Hall–Kier alpha value is -1.27. The van der Waals surface area contributed by atoms with Crippen LogP contribution in [0.2, 0.25) is 0 Å². The molecule has 0 aliphatic heterocycles. The minimum Gasteiger partial charge on any atom is -0.409 e. The number of halogens is 1. The zero-order valence-corrected chi connectivity index (χ0v) is 13.0. The minimum atomic E-state index is -0.373. The highest BCUT2D eigenvalue weighted by Gasteiger charge is 2.19. The largest absolute Gasteiger partial charge is 0.409 e. The first-order chi connectivity index (χ1) is 10.1. The lowest BCUT2D eigenvalue weighted by atomic mass is 9.95. The maximum Gasteiger partial charge on any atom is 0.170 e. The zero-order chi connectivity index (χ0) is 15.2. The van der Waals surface area contributed by atoms with E-state index >= 15 is 0 Å². The molecule has 2 rings (SSSR count). The summed E-state index contributed by atoms with van der Waals surface area (Å²) in [5, 5.41) is 15.8. The predicted octanol–water partition coefficient (Wildman–Crippen LogP) is 2.68. The van der Waals surface area contributed by atoms with E-state index in [4.69, 9.17) is 10.9 Å². The third kappa shape index (κ3) is 4.61. The van der Waals surface area contributed by atoms with Crippen LogP contribution in [0.5, 0.6) is 0 Å². The summed E-state index contributed by atoms with van der Waals surface area (Å²) in [6.07, 6.45) is 6.95. The lowest BCUT2D eigenvalue weighted by Gasteiger charge is -2.28. The summed E-state index contributed by atoms with van der Waals surface area (Å²) < 4.78 is 13.6. The molecule has 1 aliphatic rings. The Morgan fingerprint density at radius 3 is 2.71 bits per heavy atom. The van der Waals surface area contributed by atoms with Crippen LogP contribution in [0.1, 0.15) is 36.8 Å². The van der Waals surface area contributed by atoms with Gasteiger partial charge in [-0.1, -0.05) is 5.16 Å². The van der Waals surface area contributed by atoms with Crippen LogP contribution in [0.25, 0.3) is 0 Å². The van der Waals surface area contributed by atoms with E-state index in [9.17, 15) is 4.39 Å². The van der Waals surface area contributed by atoms with Crippen LogP contribution in [0.15, 0.2) is 23.4 Å². The van der Waals surface area contributed by atoms with Crippen LogP contribution in [0, 0.1) is 5.82 Å². The molecule has 1 saturated carbocycles.